The third-order valence-electron chi connectivity index (χ3n) is 3.50. The summed E-state index contributed by atoms with van der Waals surface area (Å²) in [5, 5.41) is 13.6. The minimum atomic E-state index is -1.23. The summed E-state index contributed by atoms with van der Waals surface area (Å²) in [6, 6.07) is -0.525. The van der Waals surface area contributed by atoms with Crippen LogP contribution in [0.5, 0.6) is 0 Å². The van der Waals surface area contributed by atoms with Gasteiger partial charge in [0.2, 0.25) is 12.5 Å². The lowest BCUT2D eigenvalue weighted by Gasteiger charge is -2.39. The van der Waals surface area contributed by atoms with Crippen LogP contribution >= 0.6 is 0 Å². The number of amides is 1. The number of ether oxygens (including phenoxy) is 1. The summed E-state index contributed by atoms with van der Waals surface area (Å²) in [7, 11) is 0. The lowest BCUT2D eigenvalue weighted by molar-refractivity contribution is -0.496. The highest BCUT2D eigenvalue weighted by molar-refractivity contribution is 5.80. The van der Waals surface area contributed by atoms with E-state index in [1.54, 1.807) is 6.92 Å². The molecule has 0 aliphatic heterocycles. The van der Waals surface area contributed by atoms with Gasteiger partial charge in [0.05, 0.1) is 12.6 Å². The molecule has 0 radical (unpaired) electrons. The Labute approximate surface area is 111 Å². The molecule has 0 aromatic heterocycles. The highest BCUT2D eigenvalue weighted by Gasteiger charge is 2.52. The maximum absolute atomic E-state index is 12.2. The largest absolute Gasteiger partial charge is 0.465 e. The van der Waals surface area contributed by atoms with Gasteiger partial charge < -0.3 is 10.1 Å². The molecule has 7 nitrogen and oxygen atoms in total. The van der Waals surface area contributed by atoms with Crippen LogP contribution in [0.15, 0.2) is 0 Å². The zero-order chi connectivity index (χ0) is 14.5. The van der Waals surface area contributed by atoms with Gasteiger partial charge in [-0.2, -0.15) is 0 Å². The van der Waals surface area contributed by atoms with Crippen LogP contribution < -0.4 is 5.32 Å². The molecule has 0 heterocycles. The third-order valence-corrected chi connectivity index (χ3v) is 3.50. The maximum Gasteiger partial charge on any atom is 0.320 e. The SMILES string of the molecule is CCOC(=O)C1(C[N+](=O)[O-])CCCCC1NC(C)=O. The fourth-order valence-electron chi connectivity index (χ4n) is 2.70. The van der Waals surface area contributed by atoms with Crippen LogP contribution in [0.4, 0.5) is 0 Å². The third kappa shape index (κ3) is 3.65. The molecular formula is C12H20N2O5. The monoisotopic (exact) mass is 272 g/mol. The zero-order valence-corrected chi connectivity index (χ0v) is 11.3. The Bertz CT molecular complexity index is 371. The van der Waals surface area contributed by atoms with Crippen molar-refractivity contribution < 1.29 is 19.2 Å². The lowest BCUT2D eigenvalue weighted by atomic mass is 9.70. The van der Waals surface area contributed by atoms with Gasteiger partial charge in [-0.15, -0.1) is 0 Å². The molecular weight excluding hydrogens is 252 g/mol. The number of nitrogens with one attached hydrogen (secondary N) is 1. The molecule has 0 aromatic rings. The maximum atomic E-state index is 12.2. The van der Waals surface area contributed by atoms with Crippen LogP contribution in [0.3, 0.4) is 0 Å². The number of esters is 1. The van der Waals surface area contributed by atoms with Crippen molar-refractivity contribution in [2.45, 2.75) is 45.6 Å². The molecule has 0 saturated heterocycles. The van der Waals surface area contributed by atoms with Crippen molar-refractivity contribution in [3.63, 3.8) is 0 Å². The fraction of sp³-hybridized carbons (Fsp3) is 0.833. The van der Waals surface area contributed by atoms with E-state index in [4.69, 9.17) is 4.74 Å². The Kier molecular flexibility index (Phi) is 5.26. The Balaban J connectivity index is 3.04. The predicted molar refractivity (Wildman–Crippen MR) is 67.0 cm³/mol. The number of rotatable bonds is 5. The molecule has 7 heteroatoms. The quantitative estimate of drug-likeness (QED) is 0.455. The summed E-state index contributed by atoms with van der Waals surface area (Å²) in [5.74, 6) is -0.867. The number of carbonyl (C=O) groups is 2. The average Bonchev–Trinajstić information content (AvgIpc) is 2.30. The number of hydrogen-bond donors (Lipinski definition) is 1. The van der Waals surface area contributed by atoms with Crippen molar-refractivity contribution in [1.29, 1.82) is 0 Å². The van der Waals surface area contributed by atoms with Gasteiger partial charge in [-0.05, 0) is 19.8 Å². The Morgan fingerprint density at radius 2 is 2.16 bits per heavy atom. The van der Waals surface area contributed by atoms with Gasteiger partial charge in [-0.1, -0.05) is 12.8 Å². The van der Waals surface area contributed by atoms with Gasteiger partial charge in [-0.25, -0.2) is 0 Å². The molecule has 1 rings (SSSR count). The first kappa shape index (κ1) is 15.4. The van der Waals surface area contributed by atoms with Crippen molar-refractivity contribution in [2.75, 3.05) is 13.2 Å². The summed E-state index contributed by atoms with van der Waals surface area (Å²) < 4.78 is 5.00. The summed E-state index contributed by atoms with van der Waals surface area (Å²) in [6.07, 6.45) is 2.50. The Hall–Kier alpha value is -1.66. The molecule has 0 bridgehead atoms. The average molecular weight is 272 g/mol. The van der Waals surface area contributed by atoms with Crippen molar-refractivity contribution in [3.05, 3.63) is 10.1 Å². The molecule has 1 saturated carbocycles. The van der Waals surface area contributed by atoms with Crippen LogP contribution in [-0.2, 0) is 14.3 Å². The van der Waals surface area contributed by atoms with Crippen LogP contribution in [-0.4, -0.2) is 36.0 Å². The van der Waals surface area contributed by atoms with Gasteiger partial charge >= 0.3 is 5.97 Å². The lowest BCUT2D eigenvalue weighted by Crippen LogP contribution is -2.57. The van der Waals surface area contributed by atoms with Crippen LogP contribution in [0.2, 0.25) is 0 Å². The predicted octanol–water partition coefficient (Wildman–Crippen LogP) is 0.891. The van der Waals surface area contributed by atoms with Gasteiger partial charge in [0.25, 0.3) is 0 Å². The second-order valence-electron chi connectivity index (χ2n) is 4.87. The van der Waals surface area contributed by atoms with Gasteiger partial charge in [0.15, 0.2) is 5.41 Å². The van der Waals surface area contributed by atoms with E-state index in [1.165, 1.54) is 6.92 Å². The van der Waals surface area contributed by atoms with E-state index in [9.17, 15) is 19.7 Å². The molecule has 2 unspecified atom stereocenters. The number of nitrogens with zero attached hydrogens (tertiary/aromatic N) is 1. The molecule has 2 atom stereocenters. The molecule has 1 N–H and O–H groups in total. The first-order valence-corrected chi connectivity index (χ1v) is 6.48. The Morgan fingerprint density at radius 1 is 1.47 bits per heavy atom. The summed E-state index contributed by atoms with van der Waals surface area (Å²) in [6.45, 7) is 2.67. The van der Waals surface area contributed by atoms with Crippen molar-refractivity contribution in [1.82, 2.24) is 5.32 Å². The van der Waals surface area contributed by atoms with E-state index in [1.807, 2.05) is 0 Å². The molecule has 1 aliphatic carbocycles. The van der Waals surface area contributed by atoms with Crippen LogP contribution in [0.1, 0.15) is 39.5 Å². The van der Waals surface area contributed by atoms with Gasteiger partial charge in [0.1, 0.15) is 0 Å². The minimum Gasteiger partial charge on any atom is -0.465 e. The van der Waals surface area contributed by atoms with E-state index in [-0.39, 0.29) is 12.5 Å². The van der Waals surface area contributed by atoms with Crippen molar-refractivity contribution in [2.24, 2.45) is 5.41 Å². The molecule has 1 amide bonds. The summed E-state index contributed by atoms with van der Waals surface area (Å²) in [5.41, 5.74) is -1.23. The first-order chi connectivity index (χ1) is 8.92. The molecule has 1 fully saturated rings. The Morgan fingerprint density at radius 3 is 2.68 bits per heavy atom. The fourth-order valence-corrected chi connectivity index (χ4v) is 2.70. The summed E-state index contributed by atoms with van der Waals surface area (Å²) in [4.78, 5) is 33.8. The van der Waals surface area contributed by atoms with Crippen LogP contribution in [0.25, 0.3) is 0 Å². The van der Waals surface area contributed by atoms with Gasteiger partial charge in [-0.3, -0.25) is 19.7 Å². The molecule has 19 heavy (non-hydrogen) atoms. The minimum absolute atomic E-state index is 0.172. The zero-order valence-electron chi connectivity index (χ0n) is 11.3. The number of nitro groups is 1. The van der Waals surface area contributed by atoms with Crippen LogP contribution in [0, 0.1) is 15.5 Å². The molecule has 108 valence electrons. The molecule has 0 aromatic carbocycles. The number of hydrogen-bond acceptors (Lipinski definition) is 5. The first-order valence-electron chi connectivity index (χ1n) is 6.48. The highest BCUT2D eigenvalue weighted by Crippen LogP contribution is 2.38. The normalized spacial score (nSPS) is 26.5. The van der Waals surface area contributed by atoms with E-state index in [2.05, 4.69) is 5.32 Å². The second-order valence-corrected chi connectivity index (χ2v) is 4.87. The summed E-state index contributed by atoms with van der Waals surface area (Å²) >= 11 is 0. The van der Waals surface area contributed by atoms with E-state index in [0.29, 0.717) is 12.8 Å². The molecule has 0 spiro atoms. The van der Waals surface area contributed by atoms with E-state index in [0.717, 1.165) is 12.8 Å². The van der Waals surface area contributed by atoms with E-state index < -0.39 is 28.9 Å². The van der Waals surface area contributed by atoms with Crippen molar-refractivity contribution in [3.8, 4) is 0 Å². The standard InChI is InChI=1S/C12H20N2O5/c1-3-19-11(16)12(8-14(17)18)7-5-4-6-10(12)13-9(2)15/h10H,3-8H2,1-2H3,(H,13,15). The van der Waals surface area contributed by atoms with E-state index >= 15 is 0 Å². The molecule has 1 aliphatic rings. The van der Waals surface area contributed by atoms with Gasteiger partial charge in [0, 0.05) is 11.8 Å². The number of carbonyl (C=O) groups excluding carboxylic acids is 2. The smallest absolute Gasteiger partial charge is 0.320 e. The highest BCUT2D eigenvalue weighted by atomic mass is 16.6. The second kappa shape index (κ2) is 6.49. The van der Waals surface area contributed by atoms with Crippen molar-refractivity contribution >= 4 is 11.9 Å². The topological polar surface area (TPSA) is 98.5 Å².